The van der Waals surface area contributed by atoms with Gasteiger partial charge in [0.2, 0.25) is 0 Å². The fourth-order valence-electron chi connectivity index (χ4n) is 1.75. The Balaban J connectivity index is 2.63. The zero-order valence-electron chi connectivity index (χ0n) is 8.51. The highest BCUT2D eigenvalue weighted by Crippen LogP contribution is 2.23. The summed E-state index contributed by atoms with van der Waals surface area (Å²) in [4.78, 5) is 11.9. The monoisotopic (exact) mass is 185 g/mol. The number of hydrogen-bond acceptors (Lipinski definition) is 3. The van der Waals surface area contributed by atoms with E-state index in [0.717, 1.165) is 19.3 Å². The first-order valence-electron chi connectivity index (χ1n) is 5.05. The Hall–Kier alpha value is -0.410. The van der Waals surface area contributed by atoms with Crippen molar-refractivity contribution in [3.05, 3.63) is 0 Å². The highest BCUT2D eigenvalue weighted by Gasteiger charge is 2.36. The van der Waals surface area contributed by atoms with E-state index in [4.69, 9.17) is 10.5 Å². The van der Waals surface area contributed by atoms with E-state index in [2.05, 4.69) is 0 Å². The molecule has 0 spiro atoms. The van der Waals surface area contributed by atoms with Gasteiger partial charge >= 0.3 is 0 Å². The number of nitrogens with two attached hydrogens (primary N) is 1. The van der Waals surface area contributed by atoms with Crippen LogP contribution in [0, 0.1) is 5.92 Å². The Morgan fingerprint density at radius 2 is 2.15 bits per heavy atom. The summed E-state index contributed by atoms with van der Waals surface area (Å²) in [6.07, 6.45) is 2.29. The number of Topliss-reactive ketones (excluding diaryl/α,β-unsaturated/α-hetero) is 1. The minimum atomic E-state index is -0.613. The van der Waals surface area contributed by atoms with Gasteiger partial charge in [0.1, 0.15) is 0 Å². The van der Waals surface area contributed by atoms with E-state index >= 15 is 0 Å². The summed E-state index contributed by atoms with van der Waals surface area (Å²) >= 11 is 0. The molecule has 1 atom stereocenters. The van der Waals surface area contributed by atoms with E-state index in [1.54, 1.807) is 0 Å². The summed E-state index contributed by atoms with van der Waals surface area (Å²) in [5.74, 6) is 0.236. The lowest BCUT2D eigenvalue weighted by Crippen LogP contribution is -2.50. The van der Waals surface area contributed by atoms with Crippen molar-refractivity contribution in [2.45, 2.75) is 38.6 Å². The fourth-order valence-corrected chi connectivity index (χ4v) is 1.75. The molecule has 0 radical (unpaired) electrons. The molecule has 76 valence electrons. The minimum Gasteiger partial charge on any atom is -0.381 e. The number of ketones is 1. The van der Waals surface area contributed by atoms with Crippen molar-refractivity contribution in [2.75, 3.05) is 13.2 Å². The molecule has 0 saturated carbocycles. The maximum Gasteiger partial charge on any atom is 0.158 e. The van der Waals surface area contributed by atoms with Gasteiger partial charge in [-0.15, -0.1) is 0 Å². The molecule has 0 aromatic rings. The summed E-state index contributed by atoms with van der Waals surface area (Å²) < 4.78 is 5.19. The zero-order chi connectivity index (χ0) is 9.90. The van der Waals surface area contributed by atoms with Gasteiger partial charge in [-0.1, -0.05) is 13.8 Å². The molecule has 0 aromatic heterocycles. The van der Waals surface area contributed by atoms with E-state index in [1.807, 2.05) is 13.8 Å². The maximum atomic E-state index is 11.9. The Bertz CT molecular complexity index is 181. The first kappa shape index (κ1) is 10.7. The van der Waals surface area contributed by atoms with Crippen molar-refractivity contribution in [1.29, 1.82) is 0 Å². The molecule has 3 heteroatoms. The molecule has 0 aliphatic carbocycles. The molecule has 0 aromatic carbocycles. The third-order valence-corrected chi connectivity index (χ3v) is 3.05. The fraction of sp³-hybridized carbons (Fsp3) is 0.900. The third kappa shape index (κ3) is 2.09. The molecule has 0 amide bonds. The van der Waals surface area contributed by atoms with Gasteiger partial charge in [-0.2, -0.15) is 0 Å². The summed E-state index contributed by atoms with van der Waals surface area (Å²) in [5.41, 5.74) is 5.40. The van der Waals surface area contributed by atoms with Crippen molar-refractivity contribution in [3.63, 3.8) is 0 Å². The average molecular weight is 185 g/mol. The molecule has 1 saturated heterocycles. The lowest BCUT2D eigenvalue weighted by molar-refractivity contribution is -0.128. The van der Waals surface area contributed by atoms with Crippen molar-refractivity contribution >= 4 is 5.78 Å². The van der Waals surface area contributed by atoms with Crippen LogP contribution in [-0.2, 0) is 9.53 Å². The van der Waals surface area contributed by atoms with Crippen molar-refractivity contribution in [1.82, 2.24) is 0 Å². The molecule has 1 rings (SSSR count). The van der Waals surface area contributed by atoms with Crippen LogP contribution in [0.3, 0.4) is 0 Å². The summed E-state index contributed by atoms with van der Waals surface area (Å²) in [7, 11) is 0. The average Bonchev–Trinajstić information content (AvgIpc) is 2.68. The topological polar surface area (TPSA) is 52.3 Å². The normalized spacial score (nSPS) is 23.5. The molecule has 1 fully saturated rings. The number of hydrogen-bond donors (Lipinski definition) is 1. The van der Waals surface area contributed by atoms with Crippen LogP contribution in [0.5, 0.6) is 0 Å². The molecule has 1 aliphatic heterocycles. The quantitative estimate of drug-likeness (QED) is 0.713. The Morgan fingerprint density at radius 3 is 2.54 bits per heavy atom. The SMILES string of the molecule is CCC(N)(CC)C(=O)C1CCOC1. The number of ether oxygens (including phenoxy) is 1. The standard InChI is InChI=1S/C10H19NO2/c1-3-10(11,4-2)9(12)8-5-6-13-7-8/h8H,3-7,11H2,1-2H3. The molecule has 1 heterocycles. The highest BCUT2D eigenvalue weighted by molar-refractivity contribution is 5.90. The molecular formula is C10H19NO2. The van der Waals surface area contributed by atoms with Crippen molar-refractivity contribution < 1.29 is 9.53 Å². The summed E-state index contributed by atoms with van der Waals surface area (Å²) in [6, 6.07) is 0. The van der Waals surface area contributed by atoms with Crippen LogP contribution in [0.2, 0.25) is 0 Å². The number of rotatable bonds is 4. The minimum absolute atomic E-state index is 0.0462. The second-order valence-corrected chi connectivity index (χ2v) is 3.79. The number of carbonyl (C=O) groups excluding carboxylic acids is 1. The zero-order valence-corrected chi connectivity index (χ0v) is 8.51. The van der Waals surface area contributed by atoms with Gasteiger partial charge < -0.3 is 10.5 Å². The second-order valence-electron chi connectivity index (χ2n) is 3.79. The van der Waals surface area contributed by atoms with E-state index in [9.17, 15) is 4.79 Å². The molecule has 1 aliphatic rings. The van der Waals surface area contributed by atoms with E-state index in [1.165, 1.54) is 0 Å². The smallest absolute Gasteiger partial charge is 0.158 e. The molecule has 13 heavy (non-hydrogen) atoms. The third-order valence-electron chi connectivity index (χ3n) is 3.05. The Morgan fingerprint density at radius 1 is 1.54 bits per heavy atom. The van der Waals surface area contributed by atoms with Gasteiger partial charge in [0.05, 0.1) is 12.1 Å². The second kappa shape index (κ2) is 4.20. The maximum absolute atomic E-state index is 11.9. The largest absolute Gasteiger partial charge is 0.381 e. The number of carbonyl (C=O) groups is 1. The first-order chi connectivity index (χ1) is 6.14. The molecule has 0 bridgehead atoms. The van der Waals surface area contributed by atoms with Gasteiger partial charge in [0.15, 0.2) is 5.78 Å². The van der Waals surface area contributed by atoms with Crippen LogP contribution >= 0.6 is 0 Å². The van der Waals surface area contributed by atoms with Crippen molar-refractivity contribution in [2.24, 2.45) is 11.7 Å². The van der Waals surface area contributed by atoms with E-state index < -0.39 is 5.54 Å². The van der Waals surface area contributed by atoms with Crippen LogP contribution in [0.4, 0.5) is 0 Å². The van der Waals surface area contributed by atoms with Gasteiger partial charge in [-0.3, -0.25) is 4.79 Å². The summed E-state index contributed by atoms with van der Waals surface area (Å²) in [5, 5.41) is 0. The predicted molar refractivity (Wildman–Crippen MR) is 51.4 cm³/mol. The molecule has 2 N–H and O–H groups in total. The van der Waals surface area contributed by atoms with Gasteiger partial charge in [-0.05, 0) is 19.3 Å². The van der Waals surface area contributed by atoms with Crippen LogP contribution in [0.15, 0.2) is 0 Å². The highest BCUT2D eigenvalue weighted by atomic mass is 16.5. The van der Waals surface area contributed by atoms with Crippen LogP contribution in [0.1, 0.15) is 33.1 Å². The van der Waals surface area contributed by atoms with Gasteiger partial charge in [0.25, 0.3) is 0 Å². The van der Waals surface area contributed by atoms with Gasteiger partial charge in [0, 0.05) is 12.5 Å². The molecule has 3 nitrogen and oxygen atoms in total. The Labute approximate surface area is 79.6 Å². The Kier molecular flexibility index (Phi) is 3.45. The van der Waals surface area contributed by atoms with Crippen LogP contribution in [-0.4, -0.2) is 24.5 Å². The molecular weight excluding hydrogens is 166 g/mol. The van der Waals surface area contributed by atoms with Crippen molar-refractivity contribution in [3.8, 4) is 0 Å². The summed E-state index contributed by atoms with van der Waals surface area (Å²) in [6.45, 7) is 5.21. The van der Waals surface area contributed by atoms with E-state index in [-0.39, 0.29) is 11.7 Å². The van der Waals surface area contributed by atoms with Gasteiger partial charge in [-0.25, -0.2) is 0 Å². The predicted octanol–water partition coefficient (Wildman–Crippen LogP) is 1.11. The van der Waals surface area contributed by atoms with Crippen LogP contribution < -0.4 is 5.73 Å². The van der Waals surface area contributed by atoms with Crippen LogP contribution in [0.25, 0.3) is 0 Å². The lowest BCUT2D eigenvalue weighted by atomic mass is 9.82. The first-order valence-corrected chi connectivity index (χ1v) is 5.05. The lowest BCUT2D eigenvalue weighted by Gasteiger charge is -2.27. The molecule has 1 unspecified atom stereocenters. The van der Waals surface area contributed by atoms with E-state index in [0.29, 0.717) is 13.2 Å².